The molecule has 0 spiro atoms. The lowest BCUT2D eigenvalue weighted by atomic mass is 10.1. The summed E-state index contributed by atoms with van der Waals surface area (Å²) in [6.07, 6.45) is 0. The second kappa shape index (κ2) is 5.30. The molecule has 3 N–H and O–H groups in total. The normalized spacial score (nSPS) is 10.3. The zero-order chi connectivity index (χ0) is 14.0. The molecule has 0 heterocycles. The van der Waals surface area contributed by atoms with Crippen LogP contribution in [0.5, 0.6) is 0 Å². The molecule has 98 valence electrons. The lowest BCUT2D eigenvalue weighted by molar-refractivity contribution is 0.0697. The maximum absolute atomic E-state index is 11.2. The summed E-state index contributed by atoms with van der Waals surface area (Å²) in [6.45, 7) is 1.88. The van der Waals surface area contributed by atoms with Gasteiger partial charge in [-0.1, -0.05) is 29.8 Å². The minimum absolute atomic E-state index is 0.143. The Kier molecular flexibility index (Phi) is 3.74. The van der Waals surface area contributed by atoms with Crippen LogP contribution in [0, 0.1) is 6.92 Å². The lowest BCUT2D eigenvalue weighted by Crippen LogP contribution is -2.27. The van der Waals surface area contributed by atoms with Crippen molar-refractivity contribution in [3.05, 3.63) is 58.6 Å². The van der Waals surface area contributed by atoms with E-state index in [9.17, 15) is 9.90 Å². The molecule has 0 aliphatic carbocycles. The van der Waals surface area contributed by atoms with Crippen LogP contribution in [0.15, 0.2) is 42.5 Å². The molecule has 0 saturated carbocycles. The highest BCUT2D eigenvalue weighted by Crippen LogP contribution is 2.30. The van der Waals surface area contributed by atoms with Crippen LogP contribution in [0.2, 0.25) is 5.02 Å². The molecule has 0 radical (unpaired) electrons. The highest BCUT2D eigenvalue weighted by Gasteiger charge is 2.16. The Morgan fingerprint density at radius 2 is 1.89 bits per heavy atom. The van der Waals surface area contributed by atoms with E-state index in [0.717, 1.165) is 5.56 Å². The Labute approximate surface area is 116 Å². The van der Waals surface area contributed by atoms with Crippen LogP contribution in [-0.4, -0.2) is 11.1 Å². The molecule has 0 bridgehead atoms. The largest absolute Gasteiger partial charge is 0.478 e. The first-order chi connectivity index (χ1) is 9.00. The fourth-order valence-corrected chi connectivity index (χ4v) is 2.00. The van der Waals surface area contributed by atoms with Gasteiger partial charge >= 0.3 is 5.97 Å². The molecule has 0 aliphatic heterocycles. The van der Waals surface area contributed by atoms with Gasteiger partial charge in [-0.25, -0.2) is 10.6 Å². The molecule has 2 rings (SSSR count). The van der Waals surface area contributed by atoms with Gasteiger partial charge in [-0.05, 0) is 36.8 Å². The van der Waals surface area contributed by atoms with Gasteiger partial charge in [0.2, 0.25) is 0 Å². The van der Waals surface area contributed by atoms with E-state index in [1.807, 2.05) is 13.0 Å². The van der Waals surface area contributed by atoms with Gasteiger partial charge in [0.1, 0.15) is 0 Å². The summed E-state index contributed by atoms with van der Waals surface area (Å²) >= 11 is 5.95. The molecule has 0 unspecified atom stereocenters. The summed E-state index contributed by atoms with van der Waals surface area (Å²) in [7, 11) is 0. The van der Waals surface area contributed by atoms with Crippen molar-refractivity contribution in [2.75, 3.05) is 5.01 Å². The van der Waals surface area contributed by atoms with E-state index in [1.165, 1.54) is 11.1 Å². The maximum Gasteiger partial charge on any atom is 0.337 e. The van der Waals surface area contributed by atoms with Crippen molar-refractivity contribution in [3.63, 3.8) is 0 Å². The molecular formula is C14H13ClN2O2. The monoisotopic (exact) mass is 276 g/mol. The third-order valence-electron chi connectivity index (χ3n) is 2.82. The van der Waals surface area contributed by atoms with Crippen molar-refractivity contribution in [1.29, 1.82) is 0 Å². The predicted octanol–water partition coefficient (Wildman–Crippen LogP) is 3.36. The first-order valence-corrected chi connectivity index (χ1v) is 6.02. The summed E-state index contributed by atoms with van der Waals surface area (Å²) in [6, 6.07) is 11.9. The minimum atomic E-state index is -1.02. The average Bonchev–Trinajstić information content (AvgIpc) is 2.40. The van der Waals surface area contributed by atoms with Gasteiger partial charge in [-0.2, -0.15) is 0 Å². The molecule has 2 aromatic rings. The van der Waals surface area contributed by atoms with E-state index < -0.39 is 5.97 Å². The number of hydrazine groups is 1. The number of hydrogen-bond acceptors (Lipinski definition) is 3. The molecule has 4 nitrogen and oxygen atoms in total. The Morgan fingerprint density at radius 3 is 2.58 bits per heavy atom. The van der Waals surface area contributed by atoms with Crippen LogP contribution < -0.4 is 10.9 Å². The fraction of sp³-hybridized carbons (Fsp3) is 0.0714. The zero-order valence-corrected chi connectivity index (χ0v) is 11.1. The number of halogens is 1. The van der Waals surface area contributed by atoms with Crippen molar-refractivity contribution in [2.24, 2.45) is 5.84 Å². The van der Waals surface area contributed by atoms with Crippen LogP contribution in [0.3, 0.4) is 0 Å². The number of carbonyl (C=O) groups is 1. The van der Waals surface area contributed by atoms with Crippen LogP contribution in [0.25, 0.3) is 0 Å². The number of rotatable bonds is 3. The molecule has 19 heavy (non-hydrogen) atoms. The smallest absolute Gasteiger partial charge is 0.337 e. The molecular weight excluding hydrogens is 264 g/mol. The third-order valence-corrected chi connectivity index (χ3v) is 3.06. The standard InChI is InChI=1S/C14H13ClN2O2/c1-9-6-7-10(15)8-13(9)17(16)12-5-3-2-4-11(12)14(18)19/h2-8H,16H2,1H3,(H,18,19). The third kappa shape index (κ3) is 2.70. The summed E-state index contributed by atoms with van der Waals surface area (Å²) in [5.41, 5.74) is 2.14. The van der Waals surface area contributed by atoms with Gasteiger partial charge in [-0.3, -0.25) is 5.01 Å². The van der Waals surface area contributed by atoms with Crippen molar-refractivity contribution in [3.8, 4) is 0 Å². The van der Waals surface area contributed by atoms with Gasteiger partial charge in [-0.15, -0.1) is 0 Å². The Hall–Kier alpha value is -2.04. The van der Waals surface area contributed by atoms with Gasteiger partial charge in [0.05, 0.1) is 16.9 Å². The van der Waals surface area contributed by atoms with Gasteiger partial charge in [0.25, 0.3) is 0 Å². The van der Waals surface area contributed by atoms with Gasteiger partial charge in [0, 0.05) is 5.02 Å². The summed E-state index contributed by atoms with van der Waals surface area (Å²) in [4.78, 5) is 11.2. The number of hydrogen-bond donors (Lipinski definition) is 2. The maximum atomic E-state index is 11.2. The Balaban J connectivity index is 2.53. The topological polar surface area (TPSA) is 66.6 Å². The quantitative estimate of drug-likeness (QED) is 0.666. The van der Waals surface area contributed by atoms with Crippen molar-refractivity contribution < 1.29 is 9.90 Å². The number of nitrogens with two attached hydrogens (primary N) is 1. The minimum Gasteiger partial charge on any atom is -0.478 e. The second-order valence-electron chi connectivity index (χ2n) is 4.12. The molecule has 0 aromatic heterocycles. The molecule has 2 aromatic carbocycles. The van der Waals surface area contributed by atoms with E-state index in [0.29, 0.717) is 16.4 Å². The number of anilines is 2. The van der Waals surface area contributed by atoms with Crippen LogP contribution in [-0.2, 0) is 0 Å². The fourth-order valence-electron chi connectivity index (χ4n) is 1.84. The number of carboxylic acids is 1. The number of carboxylic acid groups (broad SMARTS) is 1. The van der Waals surface area contributed by atoms with E-state index in [2.05, 4.69) is 0 Å². The van der Waals surface area contributed by atoms with E-state index in [1.54, 1.807) is 30.3 Å². The lowest BCUT2D eigenvalue weighted by Gasteiger charge is -2.22. The molecule has 0 aliphatic rings. The van der Waals surface area contributed by atoms with Gasteiger partial charge in [0.15, 0.2) is 0 Å². The number of nitrogens with zero attached hydrogens (tertiary/aromatic N) is 1. The van der Waals surface area contributed by atoms with Crippen LogP contribution in [0.1, 0.15) is 15.9 Å². The molecule has 0 amide bonds. The Bertz CT molecular complexity index is 629. The zero-order valence-electron chi connectivity index (χ0n) is 10.3. The van der Waals surface area contributed by atoms with E-state index >= 15 is 0 Å². The summed E-state index contributed by atoms with van der Waals surface area (Å²) in [5, 5.41) is 11.1. The average molecular weight is 277 g/mol. The number of benzene rings is 2. The number of aromatic carboxylic acids is 1. The molecule has 5 heteroatoms. The second-order valence-corrected chi connectivity index (χ2v) is 4.56. The van der Waals surface area contributed by atoms with Crippen molar-refractivity contribution in [1.82, 2.24) is 0 Å². The first-order valence-electron chi connectivity index (χ1n) is 5.64. The first kappa shape index (κ1) is 13.4. The van der Waals surface area contributed by atoms with E-state index in [4.69, 9.17) is 17.4 Å². The van der Waals surface area contributed by atoms with Gasteiger partial charge < -0.3 is 5.11 Å². The summed E-state index contributed by atoms with van der Waals surface area (Å²) < 4.78 is 0. The Morgan fingerprint density at radius 1 is 1.21 bits per heavy atom. The van der Waals surface area contributed by atoms with Crippen molar-refractivity contribution in [2.45, 2.75) is 6.92 Å². The van der Waals surface area contributed by atoms with Crippen LogP contribution in [0.4, 0.5) is 11.4 Å². The van der Waals surface area contributed by atoms with E-state index in [-0.39, 0.29) is 5.56 Å². The van der Waals surface area contributed by atoms with Crippen molar-refractivity contribution >= 4 is 28.9 Å². The molecule has 0 fully saturated rings. The number of aryl methyl sites for hydroxylation is 1. The highest BCUT2D eigenvalue weighted by molar-refractivity contribution is 6.30. The molecule has 0 atom stereocenters. The van der Waals surface area contributed by atoms with Crippen LogP contribution >= 0.6 is 11.6 Å². The number of para-hydroxylation sites is 1. The SMILES string of the molecule is Cc1ccc(Cl)cc1N(N)c1ccccc1C(=O)O. The molecule has 0 saturated heterocycles. The highest BCUT2D eigenvalue weighted by atomic mass is 35.5. The summed E-state index contributed by atoms with van der Waals surface area (Å²) in [5.74, 6) is 5.01. The predicted molar refractivity (Wildman–Crippen MR) is 75.9 cm³/mol.